The molecule has 1 N–H and O–H groups in total. The van der Waals surface area contributed by atoms with Gasteiger partial charge in [0.2, 0.25) is 10.9 Å². The molecule has 0 spiro atoms. The molecule has 0 saturated carbocycles. The summed E-state index contributed by atoms with van der Waals surface area (Å²) >= 11 is 12.1. The summed E-state index contributed by atoms with van der Waals surface area (Å²) in [6.07, 6.45) is 0. The molecule has 0 atom stereocenters. The monoisotopic (exact) mass is 381 g/mol. The lowest BCUT2D eigenvalue weighted by molar-refractivity contribution is 0.619. The van der Waals surface area contributed by atoms with Gasteiger partial charge in [0, 0.05) is 11.3 Å². The Morgan fingerprint density at radius 2 is 1.71 bits per heavy atom. The third-order valence-corrected chi connectivity index (χ3v) is 4.56. The van der Waals surface area contributed by atoms with Crippen LogP contribution in [0.4, 0.5) is 5.69 Å². The number of nitrogens with zero attached hydrogens (tertiary/aromatic N) is 2. The van der Waals surface area contributed by atoms with Crippen molar-refractivity contribution in [1.82, 2.24) is 9.78 Å². The predicted molar refractivity (Wildman–Crippen MR) is 97.7 cm³/mol. The second-order valence-corrected chi connectivity index (χ2v) is 6.68. The van der Waals surface area contributed by atoms with Gasteiger partial charge in [0.05, 0.1) is 27.1 Å². The molecule has 5 nitrogen and oxygen atoms in total. The zero-order chi connectivity index (χ0) is 17.3. The molecule has 0 amide bonds. The molecule has 0 aliphatic carbocycles. The van der Waals surface area contributed by atoms with Gasteiger partial charge in [0.15, 0.2) is 0 Å². The Morgan fingerprint density at radius 3 is 2.33 bits per heavy atom. The first kappa shape index (κ1) is 16.8. The first-order chi connectivity index (χ1) is 11.4. The van der Waals surface area contributed by atoms with Crippen molar-refractivity contribution in [3.8, 4) is 16.9 Å². The molecule has 24 heavy (non-hydrogen) atoms. The quantitative estimate of drug-likeness (QED) is 0.668. The van der Waals surface area contributed by atoms with Crippen LogP contribution in [-0.4, -0.2) is 18.2 Å². The first-order valence-electron chi connectivity index (χ1n) is 6.97. The number of thiol groups is 1. The second kappa shape index (κ2) is 6.84. The van der Waals surface area contributed by atoms with Gasteiger partial charge in [0.1, 0.15) is 0 Å². The van der Waals surface area contributed by atoms with Crippen LogP contribution in [0, 0.1) is 6.92 Å². The summed E-state index contributed by atoms with van der Waals surface area (Å²) in [5.74, 6) is 0. The van der Waals surface area contributed by atoms with E-state index >= 15 is 0 Å². The molecule has 0 saturated heterocycles. The highest BCUT2D eigenvalue weighted by molar-refractivity contribution is 7.73. The van der Waals surface area contributed by atoms with Gasteiger partial charge in [-0.3, -0.25) is 4.72 Å². The van der Waals surface area contributed by atoms with Crippen LogP contribution < -0.4 is 4.72 Å². The molecule has 0 aliphatic heterocycles. The van der Waals surface area contributed by atoms with Gasteiger partial charge in [-0.1, -0.05) is 29.3 Å². The van der Waals surface area contributed by atoms with E-state index in [-0.39, 0.29) is 0 Å². The van der Waals surface area contributed by atoms with E-state index in [2.05, 4.69) is 9.82 Å². The van der Waals surface area contributed by atoms with Gasteiger partial charge in [0.25, 0.3) is 0 Å². The number of halogens is 2. The summed E-state index contributed by atoms with van der Waals surface area (Å²) < 4.78 is 25.5. The third-order valence-electron chi connectivity index (χ3n) is 3.38. The van der Waals surface area contributed by atoms with Crippen molar-refractivity contribution >= 4 is 39.8 Å². The van der Waals surface area contributed by atoms with E-state index in [1.54, 1.807) is 41.1 Å². The Kier molecular flexibility index (Phi) is 4.80. The fourth-order valence-electron chi connectivity index (χ4n) is 2.34. The number of hydrogen-bond donors (Lipinski definition) is 2. The summed E-state index contributed by atoms with van der Waals surface area (Å²) in [7, 11) is -2.69. The van der Waals surface area contributed by atoms with Crippen molar-refractivity contribution in [3.63, 3.8) is 0 Å². The average molecular weight is 382 g/mol. The molecule has 0 aliphatic rings. The molecule has 1 aromatic heterocycles. The van der Waals surface area contributed by atoms with Gasteiger partial charge in [-0.2, -0.15) is 5.10 Å². The van der Waals surface area contributed by atoms with Crippen LogP contribution in [0.5, 0.6) is 0 Å². The molecule has 1 heterocycles. The third kappa shape index (κ3) is 3.56. The molecule has 0 fully saturated rings. The zero-order valence-corrected chi connectivity index (χ0v) is 14.9. The number of nitrogens with one attached hydrogen (secondary N) is 1. The minimum atomic E-state index is -2.69. The average Bonchev–Trinajstić information content (AvgIpc) is 2.92. The highest BCUT2D eigenvalue weighted by Crippen LogP contribution is 2.30. The number of hydrogen-bond acceptors (Lipinski definition) is 3. The van der Waals surface area contributed by atoms with Crippen LogP contribution >= 0.6 is 23.2 Å². The first-order valence-corrected chi connectivity index (χ1v) is 8.91. The lowest BCUT2D eigenvalue weighted by Gasteiger charge is -2.09. The standard InChI is InChI=1S/C16H13Cl2N3O2S/c1-10-8-16(11-2-7-14(17)15(18)9-11)21(19-10)13-5-3-12(4-6-13)20-24(22)23/h2-9,24H,1H3,(H,20,22,23). The van der Waals surface area contributed by atoms with Gasteiger partial charge in [-0.05, 0) is 49.4 Å². The number of anilines is 1. The van der Waals surface area contributed by atoms with Crippen molar-refractivity contribution in [1.29, 1.82) is 0 Å². The van der Waals surface area contributed by atoms with Crippen molar-refractivity contribution in [2.75, 3.05) is 4.72 Å². The highest BCUT2D eigenvalue weighted by Gasteiger charge is 2.11. The van der Waals surface area contributed by atoms with E-state index in [1.807, 2.05) is 19.1 Å². The van der Waals surface area contributed by atoms with Crippen LogP contribution in [0.1, 0.15) is 5.69 Å². The van der Waals surface area contributed by atoms with E-state index in [0.29, 0.717) is 15.7 Å². The zero-order valence-electron chi connectivity index (χ0n) is 12.5. The van der Waals surface area contributed by atoms with E-state index in [4.69, 9.17) is 23.2 Å². The maximum Gasteiger partial charge on any atom is 0.222 e. The molecule has 124 valence electrons. The Hall–Kier alpha value is -2.02. The lowest BCUT2D eigenvalue weighted by Crippen LogP contribution is -2.00. The van der Waals surface area contributed by atoms with E-state index < -0.39 is 10.9 Å². The molecular weight excluding hydrogens is 369 g/mol. The molecule has 0 bridgehead atoms. The van der Waals surface area contributed by atoms with Crippen LogP contribution in [0.25, 0.3) is 16.9 Å². The van der Waals surface area contributed by atoms with Crippen molar-refractivity contribution in [3.05, 3.63) is 64.3 Å². The largest absolute Gasteiger partial charge is 0.286 e. The molecule has 3 rings (SSSR count). The second-order valence-electron chi connectivity index (χ2n) is 5.13. The summed E-state index contributed by atoms with van der Waals surface area (Å²) in [6.45, 7) is 1.90. The van der Waals surface area contributed by atoms with Gasteiger partial charge in [-0.15, -0.1) is 0 Å². The van der Waals surface area contributed by atoms with Crippen LogP contribution in [-0.2, 0) is 10.9 Å². The molecule has 8 heteroatoms. The maximum atomic E-state index is 10.7. The van der Waals surface area contributed by atoms with E-state index in [0.717, 1.165) is 22.6 Å². The summed E-state index contributed by atoms with van der Waals surface area (Å²) in [4.78, 5) is 0. The fraction of sp³-hybridized carbons (Fsp3) is 0.0625. The molecular formula is C16H13Cl2N3O2S. The summed E-state index contributed by atoms with van der Waals surface area (Å²) in [5, 5.41) is 5.46. The molecule has 0 unspecified atom stereocenters. The fourth-order valence-corrected chi connectivity index (χ4v) is 3.00. The van der Waals surface area contributed by atoms with Crippen molar-refractivity contribution < 1.29 is 8.42 Å². The Bertz CT molecular complexity index is 958. The summed E-state index contributed by atoms with van der Waals surface area (Å²) in [6, 6.07) is 14.3. The Labute approximate surface area is 150 Å². The SMILES string of the molecule is Cc1cc(-c2ccc(Cl)c(Cl)c2)n(-c2ccc(N[SH](=O)=O)cc2)n1. The highest BCUT2D eigenvalue weighted by atomic mass is 35.5. The summed E-state index contributed by atoms with van der Waals surface area (Å²) in [5.41, 5.74) is 3.89. The van der Waals surface area contributed by atoms with Crippen molar-refractivity contribution in [2.24, 2.45) is 0 Å². The predicted octanol–water partition coefficient (Wildman–Crippen LogP) is 4.09. The van der Waals surface area contributed by atoms with Crippen LogP contribution in [0.15, 0.2) is 48.5 Å². The lowest BCUT2D eigenvalue weighted by atomic mass is 10.1. The minimum Gasteiger partial charge on any atom is -0.286 e. The van der Waals surface area contributed by atoms with Crippen molar-refractivity contribution in [2.45, 2.75) is 6.92 Å². The van der Waals surface area contributed by atoms with Gasteiger partial charge < -0.3 is 0 Å². The normalized spacial score (nSPS) is 11.0. The Balaban J connectivity index is 2.04. The smallest absolute Gasteiger partial charge is 0.222 e. The number of benzene rings is 2. The Morgan fingerprint density at radius 1 is 1.00 bits per heavy atom. The van der Waals surface area contributed by atoms with Gasteiger partial charge in [-0.25, -0.2) is 13.1 Å². The number of rotatable bonds is 4. The number of aryl methyl sites for hydroxylation is 1. The van der Waals surface area contributed by atoms with Crippen LogP contribution in [0.2, 0.25) is 10.0 Å². The number of aromatic nitrogens is 2. The molecule has 0 radical (unpaired) electrons. The molecule has 3 aromatic rings. The van der Waals surface area contributed by atoms with Gasteiger partial charge >= 0.3 is 0 Å². The maximum absolute atomic E-state index is 10.7. The topological polar surface area (TPSA) is 64.0 Å². The minimum absolute atomic E-state index is 0.471. The molecule has 2 aromatic carbocycles. The van der Waals surface area contributed by atoms with E-state index in [1.165, 1.54) is 0 Å². The van der Waals surface area contributed by atoms with Crippen LogP contribution in [0.3, 0.4) is 0 Å². The van der Waals surface area contributed by atoms with E-state index in [9.17, 15) is 8.42 Å².